The van der Waals surface area contributed by atoms with Crippen molar-refractivity contribution in [1.29, 1.82) is 0 Å². The van der Waals surface area contributed by atoms with E-state index < -0.39 is 5.41 Å². The van der Waals surface area contributed by atoms with Crippen LogP contribution in [0.25, 0.3) is 68.1 Å². The van der Waals surface area contributed by atoms with Crippen LogP contribution in [0.3, 0.4) is 0 Å². The van der Waals surface area contributed by atoms with Crippen LogP contribution < -0.4 is 0 Å². The number of unbranched alkanes of at least 4 members (excludes halogenated alkanes) is 2. The fourth-order valence-corrected chi connectivity index (χ4v) is 11.4. The minimum absolute atomic E-state index is 0.160. The second-order valence-corrected chi connectivity index (χ2v) is 18.0. The SMILES string of the molecule is CCCC[IH]c1ccc(-c2nnc(-c3ccc4c(c3)C3(c5ccccc5-c5ccc(-c6nnc(-c7ccc(CCCC)cc7)o6)cc53)c3ccccc3-4)o2)cc1. The van der Waals surface area contributed by atoms with E-state index in [-0.39, 0.29) is 21.2 Å². The van der Waals surface area contributed by atoms with Crippen molar-refractivity contribution in [3.05, 3.63) is 165 Å². The number of alkyl halides is 1. The molecular formula is C49H41IN4O2. The fraction of sp³-hybridized carbons (Fsp3) is 0.184. The molecule has 10 rings (SSSR count). The first-order valence-corrected chi connectivity index (χ1v) is 22.5. The van der Waals surface area contributed by atoms with Crippen molar-refractivity contribution in [1.82, 2.24) is 20.4 Å². The molecule has 6 nitrogen and oxygen atoms in total. The van der Waals surface area contributed by atoms with Gasteiger partial charge >= 0.3 is 168 Å². The van der Waals surface area contributed by atoms with Gasteiger partial charge in [0, 0.05) is 11.1 Å². The van der Waals surface area contributed by atoms with Gasteiger partial charge in [-0.25, -0.2) is 0 Å². The summed E-state index contributed by atoms with van der Waals surface area (Å²) >= 11 is -0.160. The van der Waals surface area contributed by atoms with Crippen LogP contribution in [-0.2, 0) is 11.8 Å². The summed E-state index contributed by atoms with van der Waals surface area (Å²) in [7, 11) is 0. The van der Waals surface area contributed by atoms with Crippen LogP contribution in [0.15, 0.2) is 142 Å². The first-order valence-electron chi connectivity index (χ1n) is 19.6. The Labute approximate surface area is 337 Å². The molecule has 1 spiro atoms. The van der Waals surface area contributed by atoms with Crippen molar-refractivity contribution < 1.29 is 8.83 Å². The van der Waals surface area contributed by atoms with Gasteiger partial charge in [0.05, 0.1) is 0 Å². The predicted octanol–water partition coefficient (Wildman–Crippen LogP) is 12.5. The summed E-state index contributed by atoms with van der Waals surface area (Å²) in [4.78, 5) is 0. The number of halogens is 1. The van der Waals surface area contributed by atoms with E-state index >= 15 is 0 Å². The van der Waals surface area contributed by atoms with Crippen LogP contribution in [0, 0.1) is 3.57 Å². The molecule has 0 bridgehead atoms. The molecule has 2 aliphatic carbocycles. The van der Waals surface area contributed by atoms with E-state index in [2.05, 4.69) is 168 Å². The summed E-state index contributed by atoms with van der Waals surface area (Å²) in [5, 5.41) is 18.2. The Morgan fingerprint density at radius 3 is 1.43 bits per heavy atom. The third-order valence-corrected chi connectivity index (χ3v) is 14.5. The topological polar surface area (TPSA) is 77.8 Å². The van der Waals surface area contributed by atoms with Gasteiger partial charge < -0.3 is 4.42 Å². The molecular weight excluding hydrogens is 803 g/mol. The van der Waals surface area contributed by atoms with Crippen LogP contribution >= 0.6 is 21.2 Å². The average molecular weight is 845 g/mol. The number of fused-ring (bicyclic) bond motifs is 10. The van der Waals surface area contributed by atoms with Crippen molar-refractivity contribution in [2.45, 2.75) is 51.4 Å². The van der Waals surface area contributed by atoms with Gasteiger partial charge in [0.2, 0.25) is 11.8 Å². The molecule has 1 unspecified atom stereocenters. The summed E-state index contributed by atoms with van der Waals surface area (Å²) in [6.07, 6.45) is 5.98. The molecule has 2 heterocycles. The Hall–Kier alpha value is -5.67. The molecule has 56 heavy (non-hydrogen) atoms. The molecule has 0 amide bonds. The van der Waals surface area contributed by atoms with Gasteiger partial charge in [-0.2, -0.15) is 0 Å². The van der Waals surface area contributed by atoms with Crippen molar-refractivity contribution in [2.24, 2.45) is 0 Å². The standard InChI is InChI=1S/C49H41IN4O2/c1-3-5-11-31-16-18-32(19-17-31)45-51-53-47(55-45)34-22-26-39-37-12-7-9-14-41(37)49(43(39)29-34)42-15-10-8-13-38(42)40-27-23-35(30-44(40)49)48-54-52-46(56-48)33-20-24-36(25-21-33)50-28-6-4-2/h7-10,12-27,29-30,50H,3-6,11,28H2,1-2H3. The number of benzene rings is 6. The normalized spacial score (nSPS) is 14.9. The summed E-state index contributed by atoms with van der Waals surface area (Å²) in [6.45, 7) is 4.48. The number of rotatable bonds is 11. The van der Waals surface area contributed by atoms with E-state index in [0.717, 1.165) is 28.7 Å². The zero-order valence-corrected chi connectivity index (χ0v) is 33.8. The van der Waals surface area contributed by atoms with Crippen molar-refractivity contribution in [3.8, 4) is 68.1 Å². The van der Waals surface area contributed by atoms with Crippen LogP contribution in [0.4, 0.5) is 0 Å². The van der Waals surface area contributed by atoms with E-state index in [1.165, 1.54) is 83.8 Å². The summed E-state index contributed by atoms with van der Waals surface area (Å²) in [5.74, 6) is 2.06. The summed E-state index contributed by atoms with van der Waals surface area (Å²) < 4.78 is 15.6. The zero-order valence-electron chi connectivity index (χ0n) is 31.5. The molecule has 2 aromatic heterocycles. The van der Waals surface area contributed by atoms with Crippen LogP contribution in [0.2, 0.25) is 0 Å². The molecule has 0 radical (unpaired) electrons. The third-order valence-electron chi connectivity index (χ3n) is 11.3. The average Bonchev–Trinajstić information content (AvgIpc) is 4.06. The molecule has 6 aromatic carbocycles. The summed E-state index contributed by atoms with van der Waals surface area (Å²) in [6, 6.07) is 48.0. The first-order chi connectivity index (χ1) is 27.6. The Morgan fingerprint density at radius 2 is 0.911 bits per heavy atom. The van der Waals surface area contributed by atoms with E-state index in [1.807, 2.05) is 0 Å². The second-order valence-electron chi connectivity index (χ2n) is 14.7. The van der Waals surface area contributed by atoms with Gasteiger partial charge in [-0.05, 0) is 53.8 Å². The third kappa shape index (κ3) is 5.74. The van der Waals surface area contributed by atoms with Crippen LogP contribution in [0.1, 0.15) is 67.3 Å². The quantitative estimate of drug-likeness (QED) is 0.0733. The maximum absolute atomic E-state index is 6.42. The number of aryl methyl sites for hydroxylation is 1. The molecule has 0 saturated carbocycles. The van der Waals surface area contributed by atoms with Gasteiger partial charge in [0.15, 0.2) is 0 Å². The number of aromatic nitrogens is 4. The molecule has 0 saturated heterocycles. The van der Waals surface area contributed by atoms with Gasteiger partial charge in [0.25, 0.3) is 0 Å². The van der Waals surface area contributed by atoms with E-state index in [1.54, 1.807) is 0 Å². The Kier molecular flexibility index (Phi) is 8.97. The molecule has 0 N–H and O–H groups in total. The molecule has 8 aromatic rings. The second kappa shape index (κ2) is 14.4. The number of nitrogens with zero attached hydrogens (tertiary/aromatic N) is 4. The van der Waals surface area contributed by atoms with Crippen LogP contribution in [0.5, 0.6) is 0 Å². The van der Waals surface area contributed by atoms with Crippen molar-refractivity contribution in [2.75, 3.05) is 4.43 Å². The fourth-order valence-electron chi connectivity index (χ4n) is 8.54. The van der Waals surface area contributed by atoms with Gasteiger partial charge in [-0.1, -0.05) is 80.1 Å². The van der Waals surface area contributed by atoms with Gasteiger partial charge in [-0.3, -0.25) is 0 Å². The monoisotopic (exact) mass is 844 g/mol. The molecule has 276 valence electrons. The van der Waals surface area contributed by atoms with E-state index in [0.29, 0.717) is 23.6 Å². The molecule has 1 atom stereocenters. The minimum atomic E-state index is -0.582. The number of hydrogen-bond acceptors (Lipinski definition) is 6. The molecule has 0 fully saturated rings. The van der Waals surface area contributed by atoms with Crippen molar-refractivity contribution >= 4 is 21.2 Å². The molecule has 0 aliphatic heterocycles. The molecule has 7 heteroatoms. The Bertz CT molecular complexity index is 2700. The van der Waals surface area contributed by atoms with E-state index in [9.17, 15) is 0 Å². The first kappa shape index (κ1) is 34.8. The van der Waals surface area contributed by atoms with Crippen LogP contribution in [-0.4, -0.2) is 24.8 Å². The van der Waals surface area contributed by atoms with Gasteiger partial charge in [0.1, 0.15) is 0 Å². The maximum atomic E-state index is 6.42. The van der Waals surface area contributed by atoms with E-state index in [4.69, 9.17) is 8.83 Å². The summed E-state index contributed by atoms with van der Waals surface area (Å²) in [5.41, 5.74) is 14.1. The molecule has 2 aliphatic rings. The van der Waals surface area contributed by atoms with Gasteiger partial charge in [-0.15, -0.1) is 10.2 Å². The zero-order chi connectivity index (χ0) is 37.6. The van der Waals surface area contributed by atoms with Crippen molar-refractivity contribution in [3.63, 3.8) is 0 Å². The number of hydrogen-bond donors (Lipinski definition) is 0. The Balaban J connectivity index is 1.06. The predicted molar refractivity (Wildman–Crippen MR) is 233 cm³/mol. The Morgan fingerprint density at radius 1 is 0.464 bits per heavy atom.